The highest BCUT2D eigenvalue weighted by atomic mass is 16.5. The van der Waals surface area contributed by atoms with E-state index in [4.69, 9.17) is 4.74 Å². The fraction of sp³-hybridized carbons (Fsp3) is 0.857. The molecule has 1 aliphatic rings. The third-order valence-corrected chi connectivity index (χ3v) is 3.69. The van der Waals surface area contributed by atoms with Gasteiger partial charge in [0.05, 0.1) is 7.11 Å². The van der Waals surface area contributed by atoms with Crippen LogP contribution in [0.2, 0.25) is 0 Å². The lowest BCUT2D eigenvalue weighted by Gasteiger charge is -2.20. The van der Waals surface area contributed by atoms with Crippen molar-refractivity contribution in [3.05, 3.63) is 0 Å². The van der Waals surface area contributed by atoms with Crippen molar-refractivity contribution in [1.82, 2.24) is 5.32 Å². The lowest BCUT2D eigenvalue weighted by Crippen LogP contribution is -2.45. The summed E-state index contributed by atoms with van der Waals surface area (Å²) in [5.74, 6) is 0.351. The topological polar surface area (TPSA) is 55.4 Å². The highest BCUT2D eigenvalue weighted by molar-refractivity contribution is 5.84. The second-order valence-corrected chi connectivity index (χ2v) is 5.50. The second kappa shape index (κ2) is 7.39. The normalized spacial score (nSPS) is 17.8. The molecule has 0 aromatic rings. The maximum absolute atomic E-state index is 11.8. The van der Waals surface area contributed by atoms with E-state index in [1.54, 1.807) is 0 Å². The Labute approximate surface area is 109 Å². The molecular weight excluding hydrogens is 230 g/mol. The Morgan fingerprint density at radius 3 is 2.39 bits per heavy atom. The Kier molecular flexibility index (Phi) is 6.16. The molecule has 0 heterocycles. The van der Waals surface area contributed by atoms with Crippen molar-refractivity contribution < 1.29 is 14.3 Å². The second-order valence-electron chi connectivity index (χ2n) is 5.50. The van der Waals surface area contributed by atoms with Crippen LogP contribution in [-0.2, 0) is 14.3 Å². The predicted octanol–water partition coefficient (Wildman–Crippen LogP) is 2.27. The summed E-state index contributed by atoms with van der Waals surface area (Å²) in [6, 6.07) is -0.522. The van der Waals surface area contributed by atoms with Gasteiger partial charge in [-0.15, -0.1) is 0 Å². The zero-order chi connectivity index (χ0) is 13.5. The summed E-state index contributed by atoms with van der Waals surface area (Å²) in [6.07, 6.45) is 6.55. The summed E-state index contributed by atoms with van der Waals surface area (Å²) in [4.78, 5) is 23.3. The first kappa shape index (κ1) is 15.0. The smallest absolute Gasteiger partial charge is 0.328 e. The van der Waals surface area contributed by atoms with Gasteiger partial charge >= 0.3 is 5.97 Å². The summed E-state index contributed by atoms with van der Waals surface area (Å²) in [5.41, 5.74) is 0. The molecule has 1 aliphatic carbocycles. The Balaban J connectivity index is 2.33. The fourth-order valence-electron chi connectivity index (χ4n) is 2.50. The maximum atomic E-state index is 11.8. The third-order valence-electron chi connectivity index (χ3n) is 3.69. The Morgan fingerprint density at radius 1 is 1.28 bits per heavy atom. The first-order chi connectivity index (χ1) is 8.54. The highest BCUT2D eigenvalue weighted by Gasteiger charge is 2.25. The van der Waals surface area contributed by atoms with Gasteiger partial charge < -0.3 is 10.1 Å². The molecule has 1 amide bonds. The Morgan fingerprint density at radius 2 is 1.89 bits per heavy atom. The van der Waals surface area contributed by atoms with Gasteiger partial charge in [-0.25, -0.2) is 4.79 Å². The number of esters is 1. The standard InChI is InChI=1S/C14H25NO3/c1-10(2)13(14(17)18-3)15-12(16)9-8-11-6-4-5-7-11/h10-11,13H,4-9H2,1-3H3,(H,15,16)/t13-/m0/s1. The minimum atomic E-state index is -0.522. The first-order valence-corrected chi connectivity index (χ1v) is 6.91. The number of methoxy groups -OCH3 is 1. The van der Waals surface area contributed by atoms with Crippen LogP contribution in [0.25, 0.3) is 0 Å². The van der Waals surface area contributed by atoms with Crippen LogP contribution in [0.3, 0.4) is 0 Å². The van der Waals surface area contributed by atoms with Gasteiger partial charge in [-0.2, -0.15) is 0 Å². The van der Waals surface area contributed by atoms with Gasteiger partial charge in [0.25, 0.3) is 0 Å². The molecule has 0 radical (unpaired) electrons. The average molecular weight is 255 g/mol. The highest BCUT2D eigenvalue weighted by Crippen LogP contribution is 2.28. The van der Waals surface area contributed by atoms with Crippen LogP contribution in [0.4, 0.5) is 0 Å². The molecule has 1 atom stereocenters. The van der Waals surface area contributed by atoms with E-state index in [1.165, 1.54) is 32.8 Å². The van der Waals surface area contributed by atoms with Crippen molar-refractivity contribution in [1.29, 1.82) is 0 Å². The van der Waals surface area contributed by atoms with Crippen molar-refractivity contribution in [2.75, 3.05) is 7.11 Å². The van der Waals surface area contributed by atoms with E-state index >= 15 is 0 Å². The number of amides is 1. The van der Waals surface area contributed by atoms with Gasteiger partial charge in [-0.05, 0) is 18.3 Å². The molecule has 4 heteroatoms. The maximum Gasteiger partial charge on any atom is 0.328 e. The molecule has 1 rings (SSSR count). The quantitative estimate of drug-likeness (QED) is 0.741. The van der Waals surface area contributed by atoms with Crippen LogP contribution in [0.15, 0.2) is 0 Å². The Hall–Kier alpha value is -1.06. The Bertz CT molecular complexity index is 283. The van der Waals surface area contributed by atoms with Gasteiger partial charge in [0, 0.05) is 6.42 Å². The summed E-state index contributed by atoms with van der Waals surface area (Å²) >= 11 is 0. The van der Waals surface area contributed by atoms with Crippen LogP contribution in [0.5, 0.6) is 0 Å². The van der Waals surface area contributed by atoms with E-state index in [9.17, 15) is 9.59 Å². The van der Waals surface area contributed by atoms with Crippen molar-refractivity contribution in [3.8, 4) is 0 Å². The van der Waals surface area contributed by atoms with Gasteiger partial charge in [0.1, 0.15) is 6.04 Å². The number of hydrogen-bond acceptors (Lipinski definition) is 3. The number of nitrogens with one attached hydrogen (secondary N) is 1. The first-order valence-electron chi connectivity index (χ1n) is 6.91. The number of ether oxygens (including phenoxy) is 1. The summed E-state index contributed by atoms with van der Waals surface area (Å²) in [6.45, 7) is 3.80. The molecule has 0 aliphatic heterocycles. The predicted molar refractivity (Wildman–Crippen MR) is 70.0 cm³/mol. The van der Waals surface area contributed by atoms with Gasteiger partial charge in [-0.3, -0.25) is 4.79 Å². The lowest BCUT2D eigenvalue weighted by molar-refractivity contribution is -0.146. The molecule has 0 saturated heterocycles. The van der Waals surface area contributed by atoms with Crippen LogP contribution < -0.4 is 5.32 Å². The number of carbonyl (C=O) groups excluding carboxylic acids is 2. The van der Waals surface area contributed by atoms with E-state index in [1.807, 2.05) is 13.8 Å². The molecular formula is C14H25NO3. The largest absolute Gasteiger partial charge is 0.467 e. The monoisotopic (exact) mass is 255 g/mol. The molecule has 0 aromatic carbocycles. The number of hydrogen-bond donors (Lipinski definition) is 1. The fourth-order valence-corrected chi connectivity index (χ4v) is 2.50. The van der Waals surface area contributed by atoms with E-state index in [0.717, 1.165) is 6.42 Å². The van der Waals surface area contributed by atoms with Crippen LogP contribution in [0, 0.1) is 11.8 Å². The van der Waals surface area contributed by atoms with Gasteiger partial charge in [0.15, 0.2) is 0 Å². The van der Waals surface area contributed by atoms with E-state index < -0.39 is 6.04 Å². The van der Waals surface area contributed by atoms with Gasteiger partial charge in [0.2, 0.25) is 5.91 Å². The molecule has 0 bridgehead atoms. The van der Waals surface area contributed by atoms with Crippen molar-refractivity contribution in [2.45, 2.75) is 58.4 Å². The number of carbonyl (C=O) groups is 2. The van der Waals surface area contributed by atoms with Crippen LogP contribution >= 0.6 is 0 Å². The number of rotatable bonds is 6. The van der Waals surface area contributed by atoms with Gasteiger partial charge in [-0.1, -0.05) is 39.5 Å². The lowest BCUT2D eigenvalue weighted by atomic mass is 10.0. The molecule has 0 spiro atoms. The van der Waals surface area contributed by atoms with E-state index in [-0.39, 0.29) is 17.8 Å². The molecule has 1 saturated carbocycles. The van der Waals surface area contributed by atoms with E-state index in [2.05, 4.69) is 5.32 Å². The van der Waals surface area contributed by atoms with Crippen molar-refractivity contribution >= 4 is 11.9 Å². The molecule has 1 fully saturated rings. The van der Waals surface area contributed by atoms with Crippen LogP contribution in [-0.4, -0.2) is 25.0 Å². The molecule has 1 N–H and O–H groups in total. The summed E-state index contributed by atoms with van der Waals surface area (Å²) in [7, 11) is 1.35. The zero-order valence-corrected chi connectivity index (χ0v) is 11.7. The molecule has 18 heavy (non-hydrogen) atoms. The minimum Gasteiger partial charge on any atom is -0.467 e. The summed E-state index contributed by atoms with van der Waals surface area (Å²) in [5, 5.41) is 2.78. The van der Waals surface area contributed by atoms with Crippen molar-refractivity contribution in [2.24, 2.45) is 11.8 Å². The summed E-state index contributed by atoms with van der Waals surface area (Å²) < 4.78 is 4.70. The van der Waals surface area contributed by atoms with Crippen LogP contribution in [0.1, 0.15) is 52.4 Å². The SMILES string of the molecule is COC(=O)[C@@H](NC(=O)CCC1CCCC1)C(C)C. The van der Waals surface area contributed by atoms with E-state index in [0.29, 0.717) is 12.3 Å². The van der Waals surface area contributed by atoms with Crippen molar-refractivity contribution in [3.63, 3.8) is 0 Å². The minimum absolute atomic E-state index is 0.0361. The zero-order valence-electron chi connectivity index (χ0n) is 11.7. The molecule has 4 nitrogen and oxygen atoms in total. The molecule has 104 valence electrons. The third kappa shape index (κ3) is 4.67. The average Bonchev–Trinajstić information content (AvgIpc) is 2.85. The molecule has 0 aromatic heterocycles. The molecule has 0 unspecified atom stereocenters.